The monoisotopic (exact) mass is 243 g/mol. The van der Waals surface area contributed by atoms with E-state index in [9.17, 15) is 4.79 Å². The van der Waals surface area contributed by atoms with E-state index < -0.39 is 0 Å². The number of thioether (sulfide) groups is 1. The normalized spacial score (nSPS) is 27.4. The van der Waals surface area contributed by atoms with Crippen molar-refractivity contribution in [3.8, 4) is 0 Å². The first-order valence-electron chi connectivity index (χ1n) is 6.43. The number of carbonyl (C=O) groups is 1. The minimum Gasteiger partial charge on any atom is -0.435 e. The highest BCUT2D eigenvalue weighted by molar-refractivity contribution is 7.99. The molecule has 1 heterocycles. The molecule has 1 saturated carbocycles. The van der Waals surface area contributed by atoms with Gasteiger partial charge in [0, 0.05) is 6.04 Å². The van der Waals surface area contributed by atoms with E-state index in [1.165, 1.54) is 32.1 Å². The Morgan fingerprint density at radius 2 is 1.81 bits per heavy atom. The molecule has 1 aliphatic carbocycles. The van der Waals surface area contributed by atoms with Crippen LogP contribution in [0.25, 0.3) is 0 Å². The van der Waals surface area contributed by atoms with Crippen LogP contribution in [0.1, 0.15) is 51.4 Å². The van der Waals surface area contributed by atoms with Crippen LogP contribution in [0.5, 0.6) is 0 Å². The quantitative estimate of drug-likeness (QED) is 0.808. The van der Waals surface area contributed by atoms with E-state index in [4.69, 9.17) is 4.74 Å². The van der Waals surface area contributed by atoms with Crippen molar-refractivity contribution in [3.63, 3.8) is 0 Å². The Kier molecular flexibility index (Phi) is 4.82. The molecule has 1 unspecified atom stereocenters. The molecule has 2 fully saturated rings. The van der Waals surface area contributed by atoms with Gasteiger partial charge in [-0.2, -0.15) is 0 Å². The number of amides is 1. The summed E-state index contributed by atoms with van der Waals surface area (Å²) in [4.78, 5) is 11.6. The third kappa shape index (κ3) is 3.89. The maximum Gasteiger partial charge on any atom is 0.408 e. The summed E-state index contributed by atoms with van der Waals surface area (Å²) >= 11 is 1.77. The van der Waals surface area contributed by atoms with Gasteiger partial charge in [0.1, 0.15) is 5.44 Å². The summed E-state index contributed by atoms with van der Waals surface area (Å²) in [6.07, 6.45) is 9.29. The maximum absolute atomic E-state index is 11.6. The fraction of sp³-hybridized carbons (Fsp3) is 0.917. The Balaban J connectivity index is 1.66. The first-order chi connectivity index (χ1) is 7.84. The third-order valence-electron chi connectivity index (χ3n) is 3.30. The summed E-state index contributed by atoms with van der Waals surface area (Å²) in [6, 6.07) is 0.356. The Bertz CT molecular complexity index is 201. The lowest BCUT2D eigenvalue weighted by Crippen LogP contribution is -2.38. The standard InChI is InChI=1S/C12H21NO2S/c14-12(13-10-6-2-1-3-7-10)15-11-8-4-5-9-16-11/h10-11H,1-9H2,(H,13,14). The van der Waals surface area contributed by atoms with Gasteiger partial charge < -0.3 is 10.1 Å². The van der Waals surface area contributed by atoms with E-state index in [1.807, 2.05) is 0 Å². The van der Waals surface area contributed by atoms with Crippen molar-refractivity contribution in [1.29, 1.82) is 0 Å². The first kappa shape index (κ1) is 12.1. The van der Waals surface area contributed by atoms with Crippen LogP contribution in [-0.4, -0.2) is 23.3 Å². The molecular formula is C12H21NO2S. The van der Waals surface area contributed by atoms with Crippen molar-refractivity contribution in [2.45, 2.75) is 62.8 Å². The van der Waals surface area contributed by atoms with Crippen LogP contribution in [0.4, 0.5) is 4.79 Å². The zero-order valence-electron chi connectivity index (χ0n) is 9.74. The molecule has 1 amide bonds. The Morgan fingerprint density at radius 1 is 1.06 bits per heavy atom. The second-order valence-corrected chi connectivity index (χ2v) is 5.95. The van der Waals surface area contributed by atoms with Gasteiger partial charge in [0.15, 0.2) is 0 Å². The number of alkyl carbamates (subject to hydrolysis) is 1. The van der Waals surface area contributed by atoms with E-state index in [2.05, 4.69) is 5.32 Å². The van der Waals surface area contributed by atoms with Crippen molar-refractivity contribution in [3.05, 3.63) is 0 Å². The Labute approximate surface area is 102 Å². The largest absolute Gasteiger partial charge is 0.435 e. The molecule has 0 aromatic carbocycles. The van der Waals surface area contributed by atoms with Crippen LogP contribution in [0, 0.1) is 0 Å². The molecular weight excluding hydrogens is 222 g/mol. The molecule has 2 aliphatic rings. The lowest BCUT2D eigenvalue weighted by molar-refractivity contribution is 0.123. The molecule has 16 heavy (non-hydrogen) atoms. The zero-order valence-corrected chi connectivity index (χ0v) is 10.6. The molecule has 4 heteroatoms. The molecule has 92 valence electrons. The van der Waals surface area contributed by atoms with Gasteiger partial charge in [-0.1, -0.05) is 19.3 Å². The topological polar surface area (TPSA) is 38.3 Å². The molecule has 0 aromatic heterocycles. The summed E-state index contributed by atoms with van der Waals surface area (Å²) in [5.74, 6) is 1.13. The fourth-order valence-electron chi connectivity index (χ4n) is 2.37. The molecule has 0 bridgehead atoms. The minimum absolute atomic E-state index is 0.0948. The number of carbonyl (C=O) groups excluding carboxylic acids is 1. The van der Waals surface area contributed by atoms with Gasteiger partial charge >= 0.3 is 6.09 Å². The maximum atomic E-state index is 11.6. The smallest absolute Gasteiger partial charge is 0.408 e. The highest BCUT2D eigenvalue weighted by Crippen LogP contribution is 2.26. The minimum atomic E-state index is -0.203. The predicted molar refractivity (Wildman–Crippen MR) is 66.6 cm³/mol. The van der Waals surface area contributed by atoms with Gasteiger partial charge in [0.25, 0.3) is 0 Å². The first-order valence-corrected chi connectivity index (χ1v) is 7.48. The second-order valence-electron chi connectivity index (χ2n) is 4.68. The van der Waals surface area contributed by atoms with Crippen LogP contribution in [0.2, 0.25) is 0 Å². The average Bonchev–Trinajstić information content (AvgIpc) is 2.31. The summed E-state index contributed by atoms with van der Waals surface area (Å²) in [7, 11) is 0. The molecule has 1 aliphatic heterocycles. The van der Waals surface area contributed by atoms with Gasteiger partial charge in [-0.25, -0.2) is 4.79 Å². The Morgan fingerprint density at radius 3 is 2.50 bits per heavy atom. The van der Waals surface area contributed by atoms with E-state index in [0.717, 1.165) is 25.0 Å². The van der Waals surface area contributed by atoms with Crippen molar-refractivity contribution in [2.24, 2.45) is 0 Å². The Hall–Kier alpha value is -0.380. The van der Waals surface area contributed by atoms with Gasteiger partial charge in [0.2, 0.25) is 0 Å². The molecule has 0 aromatic rings. The number of hydrogen-bond acceptors (Lipinski definition) is 3. The van der Waals surface area contributed by atoms with E-state index in [1.54, 1.807) is 11.8 Å². The van der Waals surface area contributed by atoms with Crippen LogP contribution in [0.15, 0.2) is 0 Å². The number of hydrogen-bond donors (Lipinski definition) is 1. The SMILES string of the molecule is O=C(NC1CCCCC1)OC1CCCCS1. The van der Waals surface area contributed by atoms with Crippen LogP contribution < -0.4 is 5.32 Å². The van der Waals surface area contributed by atoms with Crippen LogP contribution >= 0.6 is 11.8 Å². The molecule has 3 nitrogen and oxygen atoms in total. The number of nitrogens with one attached hydrogen (secondary N) is 1. The van der Waals surface area contributed by atoms with Crippen molar-refractivity contribution in [1.82, 2.24) is 5.32 Å². The van der Waals surface area contributed by atoms with Gasteiger partial charge in [-0.05, 0) is 37.9 Å². The molecule has 1 atom stereocenters. The molecule has 0 radical (unpaired) electrons. The lowest BCUT2D eigenvalue weighted by atomic mass is 9.96. The highest BCUT2D eigenvalue weighted by Gasteiger charge is 2.21. The molecule has 1 saturated heterocycles. The molecule has 2 rings (SSSR count). The predicted octanol–water partition coefficient (Wildman–Crippen LogP) is 3.29. The van der Waals surface area contributed by atoms with Gasteiger partial charge in [-0.3, -0.25) is 0 Å². The van der Waals surface area contributed by atoms with E-state index in [-0.39, 0.29) is 11.5 Å². The summed E-state index contributed by atoms with van der Waals surface area (Å²) in [6.45, 7) is 0. The van der Waals surface area contributed by atoms with Crippen LogP contribution in [-0.2, 0) is 4.74 Å². The lowest BCUT2D eigenvalue weighted by Gasteiger charge is -2.25. The zero-order chi connectivity index (χ0) is 11.2. The fourth-order valence-corrected chi connectivity index (χ4v) is 3.49. The number of ether oxygens (including phenoxy) is 1. The molecule has 1 N–H and O–H groups in total. The summed E-state index contributed by atoms with van der Waals surface area (Å²) in [5.41, 5.74) is 0.0948. The van der Waals surface area contributed by atoms with Gasteiger partial charge in [-0.15, -0.1) is 11.8 Å². The number of rotatable bonds is 2. The van der Waals surface area contributed by atoms with Crippen molar-refractivity contribution < 1.29 is 9.53 Å². The van der Waals surface area contributed by atoms with Crippen molar-refractivity contribution in [2.75, 3.05) is 5.75 Å². The van der Waals surface area contributed by atoms with Crippen LogP contribution in [0.3, 0.4) is 0 Å². The van der Waals surface area contributed by atoms with E-state index in [0.29, 0.717) is 6.04 Å². The van der Waals surface area contributed by atoms with Gasteiger partial charge in [0.05, 0.1) is 0 Å². The summed E-state index contributed by atoms with van der Waals surface area (Å²) < 4.78 is 5.41. The third-order valence-corrected chi connectivity index (χ3v) is 4.53. The van der Waals surface area contributed by atoms with E-state index >= 15 is 0 Å². The summed E-state index contributed by atoms with van der Waals surface area (Å²) in [5, 5.41) is 2.99. The highest BCUT2D eigenvalue weighted by atomic mass is 32.2. The van der Waals surface area contributed by atoms with Crippen molar-refractivity contribution >= 4 is 17.9 Å². The molecule has 0 spiro atoms. The second kappa shape index (κ2) is 6.38. The average molecular weight is 243 g/mol.